The largest absolute Gasteiger partial charge is 1.00 e. The zero-order chi connectivity index (χ0) is 14.9. The van der Waals surface area contributed by atoms with Gasteiger partial charge in [0.1, 0.15) is 19.6 Å². The summed E-state index contributed by atoms with van der Waals surface area (Å²) >= 11 is 0. The summed E-state index contributed by atoms with van der Waals surface area (Å²) in [6.07, 6.45) is 6.54. The van der Waals surface area contributed by atoms with E-state index in [9.17, 15) is 9.90 Å². The Labute approximate surface area is 138 Å². The molecule has 3 aliphatic rings. The smallest absolute Gasteiger partial charge is 0.338 e. The Morgan fingerprint density at radius 2 is 2.05 bits per heavy atom. The van der Waals surface area contributed by atoms with Crippen LogP contribution in [-0.2, 0) is 14.3 Å². The van der Waals surface area contributed by atoms with Crippen molar-refractivity contribution in [3.05, 3.63) is 12.2 Å². The van der Waals surface area contributed by atoms with Gasteiger partial charge in [0.25, 0.3) is 0 Å². The molecule has 2 aliphatic heterocycles. The molecule has 1 aliphatic carbocycles. The van der Waals surface area contributed by atoms with E-state index in [0.717, 1.165) is 63.1 Å². The summed E-state index contributed by atoms with van der Waals surface area (Å²) in [7, 11) is 0. The molecule has 3 unspecified atom stereocenters. The predicted octanol–water partition coefficient (Wildman–Crippen LogP) is -2.13. The molecule has 0 radical (unpaired) electrons. The summed E-state index contributed by atoms with van der Waals surface area (Å²) in [5.41, 5.74) is -1.40. The Kier molecular flexibility index (Phi) is 5.54. The Bertz CT molecular complexity index is 432. The maximum absolute atomic E-state index is 12.3. The van der Waals surface area contributed by atoms with Gasteiger partial charge in [-0.15, -0.1) is 0 Å². The van der Waals surface area contributed by atoms with Crippen molar-refractivity contribution in [3.8, 4) is 0 Å². The molecule has 0 aromatic carbocycles. The zero-order valence-corrected chi connectivity index (χ0v) is 13.9. The Morgan fingerprint density at radius 1 is 1.32 bits per heavy atom. The van der Waals surface area contributed by atoms with Crippen LogP contribution in [0.5, 0.6) is 0 Å². The summed E-state index contributed by atoms with van der Waals surface area (Å²) < 4.78 is 12.1. The van der Waals surface area contributed by atoms with Crippen LogP contribution in [0.2, 0.25) is 0 Å². The van der Waals surface area contributed by atoms with E-state index in [1.807, 2.05) is 12.2 Å². The third-order valence-corrected chi connectivity index (χ3v) is 5.36. The van der Waals surface area contributed by atoms with E-state index in [-0.39, 0.29) is 24.4 Å². The van der Waals surface area contributed by atoms with E-state index in [1.165, 1.54) is 0 Å². The fourth-order valence-electron chi connectivity index (χ4n) is 3.79. The number of carbonyl (C=O) groups excluding carboxylic acids is 1. The number of ether oxygens (including phenoxy) is 2. The first-order valence-corrected chi connectivity index (χ1v) is 8.05. The summed E-state index contributed by atoms with van der Waals surface area (Å²) in [5, 5.41) is 10.5. The fraction of sp³-hybridized carbons (Fsp3) is 0.812. The molecule has 2 heterocycles. The molecule has 2 fully saturated rings. The molecule has 22 heavy (non-hydrogen) atoms. The number of morpholine rings is 1. The molecule has 0 amide bonds. The van der Waals surface area contributed by atoms with Gasteiger partial charge >= 0.3 is 5.97 Å². The van der Waals surface area contributed by atoms with Crippen LogP contribution in [0.3, 0.4) is 0 Å². The average molecular weight is 332 g/mol. The molecule has 0 aromatic heterocycles. The van der Waals surface area contributed by atoms with E-state index in [0.29, 0.717) is 0 Å². The zero-order valence-electron chi connectivity index (χ0n) is 13.2. The number of hydrogen-bond acceptors (Lipinski definition) is 4. The molecular formula is C16H26ClNO4. The van der Waals surface area contributed by atoms with Crippen LogP contribution < -0.4 is 12.4 Å². The second kappa shape index (κ2) is 6.87. The second-order valence-electron chi connectivity index (χ2n) is 6.88. The Morgan fingerprint density at radius 3 is 2.68 bits per heavy atom. The van der Waals surface area contributed by atoms with Gasteiger partial charge in [0.05, 0.1) is 19.8 Å². The SMILES string of the molecule is CC(O)(C(=O)OC1CC[N+]2(CCOCC2)C1)C1C=CCC1.[Cl-]. The number of nitrogens with zero attached hydrogens (tertiary/aromatic N) is 1. The highest BCUT2D eigenvalue weighted by Crippen LogP contribution is 2.31. The number of allylic oxidation sites excluding steroid dienone is 1. The van der Waals surface area contributed by atoms with Crippen LogP contribution in [-0.4, -0.2) is 66.7 Å². The van der Waals surface area contributed by atoms with Crippen molar-refractivity contribution < 1.29 is 36.3 Å². The lowest BCUT2D eigenvalue weighted by atomic mass is 9.89. The van der Waals surface area contributed by atoms with E-state index in [2.05, 4.69) is 0 Å². The lowest BCUT2D eigenvalue weighted by molar-refractivity contribution is -0.925. The molecule has 5 nitrogen and oxygen atoms in total. The highest BCUT2D eigenvalue weighted by Gasteiger charge is 2.45. The third kappa shape index (κ3) is 3.48. The van der Waals surface area contributed by atoms with Crippen LogP contribution in [0.1, 0.15) is 26.2 Å². The van der Waals surface area contributed by atoms with Gasteiger partial charge in [-0.05, 0) is 19.8 Å². The molecule has 0 aromatic rings. The normalized spacial score (nSPS) is 32.5. The van der Waals surface area contributed by atoms with Crippen LogP contribution >= 0.6 is 0 Å². The van der Waals surface area contributed by atoms with Gasteiger partial charge in [-0.25, -0.2) is 4.79 Å². The molecule has 6 heteroatoms. The van der Waals surface area contributed by atoms with E-state index in [4.69, 9.17) is 9.47 Å². The van der Waals surface area contributed by atoms with Gasteiger partial charge in [-0.2, -0.15) is 0 Å². The first-order valence-electron chi connectivity index (χ1n) is 8.05. The summed E-state index contributed by atoms with van der Waals surface area (Å²) in [6, 6.07) is 0. The minimum atomic E-state index is -1.40. The average Bonchev–Trinajstić information content (AvgIpc) is 3.11. The van der Waals surface area contributed by atoms with Crippen molar-refractivity contribution in [2.75, 3.05) is 39.4 Å². The van der Waals surface area contributed by atoms with Gasteiger partial charge in [-0.1, -0.05) is 12.2 Å². The van der Waals surface area contributed by atoms with Crippen LogP contribution in [0.4, 0.5) is 0 Å². The highest BCUT2D eigenvalue weighted by molar-refractivity contribution is 5.79. The van der Waals surface area contributed by atoms with Gasteiger partial charge in [0.15, 0.2) is 11.7 Å². The first-order chi connectivity index (χ1) is 10.0. The van der Waals surface area contributed by atoms with Crippen molar-refractivity contribution in [1.82, 2.24) is 0 Å². The molecule has 0 saturated carbocycles. The fourth-order valence-corrected chi connectivity index (χ4v) is 3.79. The summed E-state index contributed by atoms with van der Waals surface area (Å²) in [6.45, 7) is 7.12. The quantitative estimate of drug-likeness (QED) is 0.365. The van der Waals surface area contributed by atoms with Crippen molar-refractivity contribution in [2.45, 2.75) is 37.9 Å². The monoisotopic (exact) mass is 331 g/mol. The Hall–Kier alpha value is -0.620. The molecule has 0 bridgehead atoms. The van der Waals surface area contributed by atoms with Gasteiger partial charge in [0, 0.05) is 12.3 Å². The molecule has 3 atom stereocenters. The number of quaternary nitrogens is 1. The van der Waals surface area contributed by atoms with Crippen LogP contribution in [0, 0.1) is 5.92 Å². The van der Waals surface area contributed by atoms with Crippen LogP contribution in [0.15, 0.2) is 12.2 Å². The second-order valence-corrected chi connectivity index (χ2v) is 6.88. The standard InChI is InChI=1S/C16H26NO4.ClH/c1-16(19,13-4-2-3-5-13)15(18)21-14-6-7-17(12-14)8-10-20-11-9-17;/h2,4,13-14,19H,3,5-12H2,1H3;1H/q+1;/p-1. The maximum atomic E-state index is 12.3. The minimum Gasteiger partial charge on any atom is -1.00 e. The number of aliphatic hydroxyl groups is 1. The maximum Gasteiger partial charge on any atom is 0.338 e. The lowest BCUT2D eigenvalue weighted by Gasteiger charge is -2.37. The molecule has 3 rings (SSSR count). The molecule has 2 saturated heterocycles. The lowest BCUT2D eigenvalue weighted by Crippen LogP contribution is -3.00. The predicted molar refractivity (Wildman–Crippen MR) is 77.5 cm³/mol. The molecular weight excluding hydrogens is 306 g/mol. The van der Waals surface area contributed by atoms with Gasteiger partial charge < -0.3 is 31.5 Å². The molecule has 1 N–H and O–H groups in total. The number of halogens is 1. The Balaban J connectivity index is 0.00000176. The van der Waals surface area contributed by atoms with Gasteiger partial charge in [0.2, 0.25) is 0 Å². The number of rotatable bonds is 3. The van der Waals surface area contributed by atoms with E-state index >= 15 is 0 Å². The molecule has 1 spiro atoms. The van der Waals surface area contributed by atoms with Crippen molar-refractivity contribution in [3.63, 3.8) is 0 Å². The number of esters is 1. The van der Waals surface area contributed by atoms with Crippen molar-refractivity contribution in [1.29, 1.82) is 0 Å². The highest BCUT2D eigenvalue weighted by atomic mass is 35.5. The summed E-state index contributed by atoms with van der Waals surface area (Å²) in [5.74, 6) is -0.574. The van der Waals surface area contributed by atoms with Crippen molar-refractivity contribution in [2.24, 2.45) is 5.92 Å². The van der Waals surface area contributed by atoms with Crippen LogP contribution in [0.25, 0.3) is 0 Å². The minimum absolute atomic E-state index is 0. The third-order valence-electron chi connectivity index (χ3n) is 5.36. The van der Waals surface area contributed by atoms with Gasteiger partial charge in [-0.3, -0.25) is 0 Å². The topological polar surface area (TPSA) is 55.8 Å². The van der Waals surface area contributed by atoms with Crippen molar-refractivity contribution >= 4 is 5.97 Å². The summed E-state index contributed by atoms with van der Waals surface area (Å²) in [4.78, 5) is 12.3. The molecule has 126 valence electrons. The first kappa shape index (κ1) is 17.7. The number of carbonyl (C=O) groups is 1. The van der Waals surface area contributed by atoms with E-state index in [1.54, 1.807) is 6.92 Å². The number of hydrogen-bond donors (Lipinski definition) is 1. The van der Waals surface area contributed by atoms with E-state index < -0.39 is 11.6 Å².